The first kappa shape index (κ1) is 11.3. The summed E-state index contributed by atoms with van der Waals surface area (Å²) in [5.41, 5.74) is 1.68. The lowest BCUT2D eigenvalue weighted by atomic mass is 10.2. The zero-order valence-corrected chi connectivity index (χ0v) is 9.69. The van der Waals surface area contributed by atoms with Crippen LogP contribution >= 0.6 is 0 Å². The average molecular weight is 231 g/mol. The molecule has 0 spiro atoms. The van der Waals surface area contributed by atoms with Crippen molar-refractivity contribution < 1.29 is 13.9 Å². The Balaban J connectivity index is 2.16. The van der Waals surface area contributed by atoms with Crippen LogP contribution in [0.4, 0.5) is 5.69 Å². The highest BCUT2D eigenvalue weighted by Gasteiger charge is 2.10. The number of amides is 1. The van der Waals surface area contributed by atoms with Crippen LogP contribution in [0.1, 0.15) is 16.1 Å². The monoisotopic (exact) mass is 231 g/mol. The Bertz CT molecular complexity index is 517. The van der Waals surface area contributed by atoms with E-state index in [1.807, 2.05) is 13.0 Å². The van der Waals surface area contributed by atoms with E-state index >= 15 is 0 Å². The highest BCUT2D eigenvalue weighted by molar-refractivity contribution is 6.02. The first-order valence-corrected chi connectivity index (χ1v) is 5.20. The summed E-state index contributed by atoms with van der Waals surface area (Å²) in [4.78, 5) is 11.7. The van der Waals surface area contributed by atoms with Crippen LogP contribution in [0, 0.1) is 6.92 Å². The van der Waals surface area contributed by atoms with E-state index in [1.165, 1.54) is 6.26 Å². The molecule has 2 aromatic rings. The van der Waals surface area contributed by atoms with Crippen molar-refractivity contribution in [1.82, 2.24) is 0 Å². The van der Waals surface area contributed by atoms with Crippen molar-refractivity contribution in [3.8, 4) is 5.75 Å². The van der Waals surface area contributed by atoms with Crippen molar-refractivity contribution in [2.24, 2.45) is 0 Å². The molecule has 88 valence electrons. The first-order valence-electron chi connectivity index (χ1n) is 5.20. The van der Waals surface area contributed by atoms with Gasteiger partial charge in [0.15, 0.2) is 5.76 Å². The second-order valence-electron chi connectivity index (χ2n) is 3.61. The van der Waals surface area contributed by atoms with Crippen molar-refractivity contribution in [2.45, 2.75) is 6.92 Å². The molecule has 1 amide bonds. The number of nitrogens with one attached hydrogen (secondary N) is 1. The third kappa shape index (κ3) is 2.47. The van der Waals surface area contributed by atoms with Crippen molar-refractivity contribution in [2.75, 3.05) is 12.4 Å². The second-order valence-corrected chi connectivity index (χ2v) is 3.61. The Morgan fingerprint density at radius 1 is 1.35 bits per heavy atom. The van der Waals surface area contributed by atoms with Crippen LogP contribution in [0.3, 0.4) is 0 Å². The number of methoxy groups -OCH3 is 1. The third-order valence-corrected chi connectivity index (χ3v) is 2.43. The number of anilines is 1. The summed E-state index contributed by atoms with van der Waals surface area (Å²) in [6.07, 6.45) is 1.47. The van der Waals surface area contributed by atoms with E-state index in [0.29, 0.717) is 5.76 Å². The number of benzene rings is 1. The van der Waals surface area contributed by atoms with E-state index in [4.69, 9.17) is 9.15 Å². The Kier molecular flexibility index (Phi) is 3.14. The van der Waals surface area contributed by atoms with E-state index in [2.05, 4.69) is 5.32 Å². The smallest absolute Gasteiger partial charge is 0.291 e. The molecule has 4 heteroatoms. The van der Waals surface area contributed by atoms with Gasteiger partial charge in [-0.15, -0.1) is 0 Å². The van der Waals surface area contributed by atoms with E-state index in [-0.39, 0.29) is 5.91 Å². The van der Waals surface area contributed by atoms with Gasteiger partial charge in [-0.2, -0.15) is 0 Å². The minimum absolute atomic E-state index is 0.261. The minimum atomic E-state index is -0.261. The number of furan rings is 1. The van der Waals surface area contributed by atoms with Crippen molar-refractivity contribution in [1.29, 1.82) is 0 Å². The lowest BCUT2D eigenvalue weighted by molar-refractivity contribution is 0.0996. The molecular formula is C13H13NO3. The quantitative estimate of drug-likeness (QED) is 0.883. The topological polar surface area (TPSA) is 51.5 Å². The van der Waals surface area contributed by atoms with Crippen molar-refractivity contribution in [3.63, 3.8) is 0 Å². The number of carbonyl (C=O) groups excluding carboxylic acids is 1. The molecule has 1 N–H and O–H groups in total. The molecule has 0 unspecified atom stereocenters. The molecule has 0 saturated heterocycles. The van der Waals surface area contributed by atoms with Gasteiger partial charge in [0.1, 0.15) is 5.75 Å². The Morgan fingerprint density at radius 2 is 2.18 bits per heavy atom. The molecule has 17 heavy (non-hydrogen) atoms. The molecule has 0 atom stereocenters. The molecule has 0 aliphatic heterocycles. The Labute approximate surface area is 99.2 Å². The molecule has 0 bridgehead atoms. The average Bonchev–Trinajstić information content (AvgIpc) is 2.85. The van der Waals surface area contributed by atoms with Gasteiger partial charge in [-0.1, -0.05) is 0 Å². The maximum atomic E-state index is 11.7. The summed E-state index contributed by atoms with van der Waals surface area (Å²) < 4.78 is 10.1. The van der Waals surface area contributed by atoms with Gasteiger partial charge >= 0.3 is 0 Å². The van der Waals surface area contributed by atoms with E-state index in [1.54, 1.807) is 31.4 Å². The molecule has 0 aliphatic rings. The zero-order valence-electron chi connectivity index (χ0n) is 9.69. The van der Waals surface area contributed by atoms with Crippen LogP contribution in [0.2, 0.25) is 0 Å². The maximum Gasteiger partial charge on any atom is 0.291 e. The minimum Gasteiger partial charge on any atom is -0.497 e. The van der Waals surface area contributed by atoms with Gasteiger partial charge in [0.2, 0.25) is 0 Å². The third-order valence-electron chi connectivity index (χ3n) is 2.43. The summed E-state index contributed by atoms with van der Waals surface area (Å²) in [5, 5.41) is 2.78. The number of aryl methyl sites for hydroxylation is 1. The molecular weight excluding hydrogens is 218 g/mol. The van der Waals surface area contributed by atoms with Crippen molar-refractivity contribution >= 4 is 11.6 Å². The summed E-state index contributed by atoms with van der Waals surface area (Å²) in [5.74, 6) is 0.794. The largest absolute Gasteiger partial charge is 0.497 e. The van der Waals surface area contributed by atoms with E-state index < -0.39 is 0 Å². The normalized spacial score (nSPS) is 10.0. The highest BCUT2D eigenvalue weighted by atomic mass is 16.5. The zero-order chi connectivity index (χ0) is 12.3. The number of rotatable bonds is 3. The fraction of sp³-hybridized carbons (Fsp3) is 0.154. The number of hydrogen-bond donors (Lipinski definition) is 1. The predicted octanol–water partition coefficient (Wildman–Crippen LogP) is 2.85. The fourth-order valence-electron chi connectivity index (χ4n) is 1.50. The van der Waals surface area contributed by atoms with Gasteiger partial charge in [-0.05, 0) is 42.8 Å². The molecule has 0 aliphatic carbocycles. The summed E-state index contributed by atoms with van der Waals surface area (Å²) in [6, 6.07) is 8.75. The highest BCUT2D eigenvalue weighted by Crippen LogP contribution is 2.21. The van der Waals surface area contributed by atoms with Gasteiger partial charge in [0, 0.05) is 5.69 Å². The van der Waals surface area contributed by atoms with Crippen LogP contribution in [0.15, 0.2) is 41.0 Å². The molecule has 4 nitrogen and oxygen atoms in total. The summed E-state index contributed by atoms with van der Waals surface area (Å²) >= 11 is 0. The van der Waals surface area contributed by atoms with E-state index in [9.17, 15) is 4.79 Å². The van der Waals surface area contributed by atoms with Crippen LogP contribution in [0.25, 0.3) is 0 Å². The SMILES string of the molecule is COc1ccc(NC(=O)c2ccco2)c(C)c1. The summed E-state index contributed by atoms with van der Waals surface area (Å²) in [6.45, 7) is 1.90. The van der Waals surface area contributed by atoms with Crippen LogP contribution in [-0.2, 0) is 0 Å². The number of carbonyl (C=O) groups is 1. The summed E-state index contributed by atoms with van der Waals surface area (Å²) in [7, 11) is 1.61. The molecule has 2 rings (SSSR count). The van der Waals surface area contributed by atoms with Gasteiger partial charge in [0.25, 0.3) is 5.91 Å². The number of hydrogen-bond acceptors (Lipinski definition) is 3. The molecule has 0 saturated carbocycles. The van der Waals surface area contributed by atoms with Gasteiger partial charge in [0.05, 0.1) is 13.4 Å². The van der Waals surface area contributed by atoms with Gasteiger partial charge in [-0.25, -0.2) is 0 Å². The van der Waals surface area contributed by atoms with Crippen LogP contribution < -0.4 is 10.1 Å². The van der Waals surface area contributed by atoms with Crippen LogP contribution in [-0.4, -0.2) is 13.0 Å². The van der Waals surface area contributed by atoms with Crippen LogP contribution in [0.5, 0.6) is 5.75 Å². The molecule has 1 heterocycles. The predicted molar refractivity (Wildman–Crippen MR) is 64.4 cm³/mol. The molecule has 0 radical (unpaired) electrons. The second kappa shape index (κ2) is 4.74. The molecule has 1 aromatic heterocycles. The van der Waals surface area contributed by atoms with Gasteiger partial charge in [-0.3, -0.25) is 4.79 Å². The standard InChI is InChI=1S/C13H13NO3/c1-9-8-10(16-2)5-6-11(9)14-13(15)12-4-3-7-17-12/h3-8H,1-2H3,(H,14,15). The van der Waals surface area contributed by atoms with E-state index in [0.717, 1.165) is 17.0 Å². The Hall–Kier alpha value is -2.23. The molecule has 0 fully saturated rings. The maximum absolute atomic E-state index is 11.7. The lowest BCUT2D eigenvalue weighted by Gasteiger charge is -2.08. The first-order chi connectivity index (χ1) is 8.20. The number of ether oxygens (including phenoxy) is 1. The Morgan fingerprint density at radius 3 is 2.76 bits per heavy atom. The van der Waals surface area contributed by atoms with Crippen molar-refractivity contribution in [3.05, 3.63) is 47.9 Å². The van der Waals surface area contributed by atoms with Gasteiger partial charge < -0.3 is 14.5 Å². The lowest BCUT2D eigenvalue weighted by Crippen LogP contribution is -2.11. The fourth-order valence-corrected chi connectivity index (χ4v) is 1.50. The molecule has 1 aromatic carbocycles.